The number of rotatable bonds is 3. The summed E-state index contributed by atoms with van der Waals surface area (Å²) < 4.78 is 0. The molecule has 0 aliphatic heterocycles. The first-order valence-corrected chi connectivity index (χ1v) is 5.00. The van der Waals surface area contributed by atoms with E-state index >= 15 is 0 Å². The first-order chi connectivity index (χ1) is 5.33. The van der Waals surface area contributed by atoms with Gasteiger partial charge in [0.05, 0.1) is 0 Å². The van der Waals surface area contributed by atoms with Crippen molar-refractivity contribution >= 4 is 0 Å². The third kappa shape index (κ3) is 1.31. The molecule has 1 N–H and O–H groups in total. The lowest BCUT2D eigenvalue weighted by atomic mass is 9.77. The lowest BCUT2D eigenvalue weighted by Crippen LogP contribution is -2.39. The fourth-order valence-electron chi connectivity index (χ4n) is 2.45. The topological polar surface area (TPSA) is 12.0 Å². The Morgan fingerprint density at radius 3 is 2.27 bits per heavy atom. The van der Waals surface area contributed by atoms with E-state index in [9.17, 15) is 0 Å². The van der Waals surface area contributed by atoms with E-state index < -0.39 is 0 Å². The third-order valence-corrected chi connectivity index (χ3v) is 3.62. The van der Waals surface area contributed by atoms with Gasteiger partial charge in [-0.15, -0.1) is 0 Å². The van der Waals surface area contributed by atoms with Crippen molar-refractivity contribution in [1.29, 1.82) is 0 Å². The SMILES string of the molecule is CNC(C1CCC1)C1CC1C. The van der Waals surface area contributed by atoms with Crippen LogP contribution in [0.5, 0.6) is 0 Å². The van der Waals surface area contributed by atoms with E-state index in [1.54, 1.807) is 0 Å². The van der Waals surface area contributed by atoms with Gasteiger partial charge in [0, 0.05) is 6.04 Å². The van der Waals surface area contributed by atoms with Crippen LogP contribution in [0.1, 0.15) is 32.6 Å². The minimum absolute atomic E-state index is 0.860. The normalized spacial score (nSPS) is 39.8. The minimum atomic E-state index is 0.860. The van der Waals surface area contributed by atoms with E-state index in [0.29, 0.717) is 0 Å². The predicted octanol–water partition coefficient (Wildman–Crippen LogP) is 2.03. The lowest BCUT2D eigenvalue weighted by Gasteiger charge is -2.34. The van der Waals surface area contributed by atoms with Crippen LogP contribution in [0.3, 0.4) is 0 Å². The fraction of sp³-hybridized carbons (Fsp3) is 1.00. The van der Waals surface area contributed by atoms with Gasteiger partial charge in [0.2, 0.25) is 0 Å². The summed E-state index contributed by atoms with van der Waals surface area (Å²) in [6, 6.07) is 0.860. The van der Waals surface area contributed by atoms with Crippen molar-refractivity contribution in [3.63, 3.8) is 0 Å². The van der Waals surface area contributed by atoms with E-state index in [4.69, 9.17) is 0 Å². The zero-order chi connectivity index (χ0) is 7.84. The Morgan fingerprint density at radius 2 is 2.00 bits per heavy atom. The zero-order valence-electron chi connectivity index (χ0n) is 7.64. The Morgan fingerprint density at radius 1 is 1.36 bits per heavy atom. The Balaban J connectivity index is 1.85. The highest BCUT2D eigenvalue weighted by atomic mass is 14.9. The average molecular weight is 153 g/mol. The molecular formula is C10H19N. The molecule has 1 nitrogen and oxygen atoms in total. The Kier molecular flexibility index (Phi) is 1.92. The van der Waals surface area contributed by atoms with Crippen LogP contribution in [0, 0.1) is 17.8 Å². The standard InChI is InChI=1S/C10H19N/c1-7-6-9(7)10(11-2)8-4-3-5-8/h7-11H,3-6H2,1-2H3. The molecule has 2 aliphatic rings. The first kappa shape index (κ1) is 7.60. The summed E-state index contributed by atoms with van der Waals surface area (Å²) in [6.45, 7) is 2.38. The van der Waals surface area contributed by atoms with Gasteiger partial charge in [0.15, 0.2) is 0 Å². The number of nitrogens with one attached hydrogen (secondary N) is 1. The number of hydrogen-bond donors (Lipinski definition) is 1. The van der Waals surface area contributed by atoms with Crippen LogP contribution >= 0.6 is 0 Å². The lowest BCUT2D eigenvalue weighted by molar-refractivity contribution is 0.214. The van der Waals surface area contributed by atoms with Crippen molar-refractivity contribution < 1.29 is 0 Å². The van der Waals surface area contributed by atoms with E-state index in [1.807, 2.05) is 0 Å². The van der Waals surface area contributed by atoms with Crippen molar-refractivity contribution in [1.82, 2.24) is 5.32 Å². The van der Waals surface area contributed by atoms with E-state index in [2.05, 4.69) is 19.3 Å². The molecule has 2 saturated carbocycles. The van der Waals surface area contributed by atoms with Crippen LogP contribution in [0.2, 0.25) is 0 Å². The second-order valence-electron chi connectivity index (χ2n) is 4.38. The van der Waals surface area contributed by atoms with Gasteiger partial charge in [-0.25, -0.2) is 0 Å². The van der Waals surface area contributed by atoms with Crippen LogP contribution < -0.4 is 5.32 Å². The van der Waals surface area contributed by atoms with Crippen LogP contribution in [-0.4, -0.2) is 13.1 Å². The largest absolute Gasteiger partial charge is 0.316 e. The quantitative estimate of drug-likeness (QED) is 0.654. The third-order valence-electron chi connectivity index (χ3n) is 3.62. The minimum Gasteiger partial charge on any atom is -0.316 e. The van der Waals surface area contributed by atoms with Crippen molar-refractivity contribution in [2.75, 3.05) is 7.05 Å². The highest BCUT2D eigenvalue weighted by Gasteiger charge is 2.43. The fourth-order valence-corrected chi connectivity index (χ4v) is 2.45. The predicted molar refractivity (Wildman–Crippen MR) is 47.5 cm³/mol. The van der Waals surface area contributed by atoms with Gasteiger partial charge in [0.25, 0.3) is 0 Å². The summed E-state index contributed by atoms with van der Waals surface area (Å²) >= 11 is 0. The molecule has 0 saturated heterocycles. The second-order valence-corrected chi connectivity index (χ2v) is 4.38. The van der Waals surface area contributed by atoms with Crippen molar-refractivity contribution in [2.24, 2.45) is 17.8 Å². The molecule has 3 atom stereocenters. The van der Waals surface area contributed by atoms with Gasteiger partial charge >= 0.3 is 0 Å². The maximum atomic E-state index is 3.50. The zero-order valence-corrected chi connectivity index (χ0v) is 7.64. The van der Waals surface area contributed by atoms with Gasteiger partial charge in [0.1, 0.15) is 0 Å². The molecule has 0 aromatic heterocycles. The van der Waals surface area contributed by atoms with Gasteiger partial charge in [-0.05, 0) is 44.1 Å². The van der Waals surface area contributed by atoms with E-state index in [0.717, 1.165) is 23.8 Å². The van der Waals surface area contributed by atoms with Crippen molar-refractivity contribution in [3.05, 3.63) is 0 Å². The van der Waals surface area contributed by atoms with Gasteiger partial charge in [-0.2, -0.15) is 0 Å². The summed E-state index contributed by atoms with van der Waals surface area (Å²) in [5.41, 5.74) is 0. The maximum absolute atomic E-state index is 3.50. The Hall–Kier alpha value is -0.0400. The van der Waals surface area contributed by atoms with Gasteiger partial charge in [-0.1, -0.05) is 13.3 Å². The Bertz CT molecular complexity index is 135. The van der Waals surface area contributed by atoms with Gasteiger partial charge in [-0.3, -0.25) is 0 Å². The summed E-state index contributed by atoms with van der Waals surface area (Å²) in [5, 5.41) is 3.50. The molecule has 0 heterocycles. The highest BCUT2D eigenvalue weighted by molar-refractivity contribution is 4.97. The highest BCUT2D eigenvalue weighted by Crippen LogP contribution is 2.46. The first-order valence-electron chi connectivity index (χ1n) is 5.00. The van der Waals surface area contributed by atoms with Crippen LogP contribution in [0.25, 0.3) is 0 Å². The van der Waals surface area contributed by atoms with E-state index in [1.165, 1.54) is 25.7 Å². The molecule has 2 fully saturated rings. The summed E-state index contributed by atoms with van der Waals surface area (Å²) in [4.78, 5) is 0. The molecule has 64 valence electrons. The molecule has 0 amide bonds. The Labute approximate surface area is 69.6 Å². The summed E-state index contributed by atoms with van der Waals surface area (Å²) in [6.07, 6.45) is 5.91. The maximum Gasteiger partial charge on any atom is 0.0123 e. The average Bonchev–Trinajstić information content (AvgIpc) is 2.57. The van der Waals surface area contributed by atoms with Crippen LogP contribution in [0.15, 0.2) is 0 Å². The molecule has 2 aliphatic carbocycles. The number of hydrogen-bond acceptors (Lipinski definition) is 1. The molecule has 0 aromatic rings. The monoisotopic (exact) mass is 153 g/mol. The summed E-state index contributed by atoms with van der Waals surface area (Å²) in [7, 11) is 2.13. The second kappa shape index (κ2) is 2.78. The molecule has 11 heavy (non-hydrogen) atoms. The van der Waals surface area contributed by atoms with Crippen LogP contribution in [-0.2, 0) is 0 Å². The molecule has 2 rings (SSSR count). The molecule has 3 unspecified atom stereocenters. The van der Waals surface area contributed by atoms with E-state index in [-0.39, 0.29) is 0 Å². The van der Waals surface area contributed by atoms with Crippen LogP contribution in [0.4, 0.5) is 0 Å². The molecule has 0 bridgehead atoms. The van der Waals surface area contributed by atoms with Gasteiger partial charge < -0.3 is 5.32 Å². The van der Waals surface area contributed by atoms with Crippen molar-refractivity contribution in [2.45, 2.75) is 38.6 Å². The summed E-state index contributed by atoms with van der Waals surface area (Å²) in [5.74, 6) is 3.05. The van der Waals surface area contributed by atoms with Crippen molar-refractivity contribution in [3.8, 4) is 0 Å². The smallest absolute Gasteiger partial charge is 0.0123 e. The molecule has 1 heteroatoms. The molecule has 0 spiro atoms. The molecule has 0 aromatic carbocycles. The molecular weight excluding hydrogens is 134 g/mol. The molecule has 0 radical (unpaired) electrons.